The topological polar surface area (TPSA) is 70.3 Å². The molecule has 0 unspecified atom stereocenters. The number of halogens is 1. The highest BCUT2D eigenvalue weighted by Crippen LogP contribution is 2.34. The molecule has 0 saturated carbocycles. The van der Waals surface area contributed by atoms with E-state index in [1.807, 2.05) is 66.7 Å². The van der Waals surface area contributed by atoms with Gasteiger partial charge >= 0.3 is 0 Å². The van der Waals surface area contributed by atoms with Gasteiger partial charge in [0.15, 0.2) is 4.77 Å². The second-order valence-electron chi connectivity index (χ2n) is 7.29. The smallest absolute Gasteiger partial charge is 0.197 e. The summed E-state index contributed by atoms with van der Waals surface area (Å²) in [7, 11) is 0. The van der Waals surface area contributed by atoms with Gasteiger partial charge in [0.05, 0.1) is 22.8 Å². The van der Waals surface area contributed by atoms with Crippen LogP contribution in [0.1, 0.15) is 5.56 Å². The molecule has 0 aliphatic rings. The van der Waals surface area contributed by atoms with Crippen LogP contribution in [0.15, 0.2) is 91.0 Å². The Balaban J connectivity index is 1.78. The van der Waals surface area contributed by atoms with E-state index in [1.165, 1.54) is 12.1 Å². The van der Waals surface area contributed by atoms with Crippen LogP contribution in [-0.4, -0.2) is 19.7 Å². The third-order valence-corrected chi connectivity index (χ3v) is 5.38. The molecule has 2 heterocycles. The maximum atomic E-state index is 13.6. The number of benzene rings is 3. The zero-order valence-corrected chi connectivity index (χ0v) is 18.1. The Hall–Kier alpha value is -4.41. The van der Waals surface area contributed by atoms with Gasteiger partial charge in [0.1, 0.15) is 23.1 Å². The van der Waals surface area contributed by atoms with Crippen LogP contribution in [0.5, 0.6) is 0 Å². The van der Waals surface area contributed by atoms with Crippen LogP contribution in [0.2, 0.25) is 0 Å². The Morgan fingerprint density at radius 1 is 0.879 bits per heavy atom. The summed E-state index contributed by atoms with van der Waals surface area (Å²) in [6.07, 6.45) is 0. The van der Waals surface area contributed by atoms with Crippen LogP contribution < -0.4 is 0 Å². The Bertz CT molecular complexity index is 1530. The molecule has 2 aromatic heterocycles. The number of hydrogen-bond donors (Lipinski definition) is 1. The molecule has 0 bridgehead atoms. The first-order valence-electron chi connectivity index (χ1n) is 10.2. The Labute approximate surface area is 194 Å². The number of nitrogens with zero attached hydrogens (tertiary/aromatic N) is 4. The molecule has 5 rings (SSSR count). The minimum Gasteiger partial charge on any atom is -0.329 e. The lowest BCUT2D eigenvalue weighted by molar-refractivity contribution is 0.627. The van der Waals surface area contributed by atoms with Crippen molar-refractivity contribution in [3.05, 3.63) is 107 Å². The Morgan fingerprint density at radius 2 is 1.52 bits per heavy atom. The predicted molar refractivity (Wildman–Crippen MR) is 128 cm³/mol. The van der Waals surface area contributed by atoms with Crippen molar-refractivity contribution in [2.75, 3.05) is 0 Å². The van der Waals surface area contributed by atoms with Crippen LogP contribution in [0, 0.1) is 21.9 Å². The number of nitrogens with one attached hydrogen (secondary N) is 1. The van der Waals surface area contributed by atoms with Crippen molar-refractivity contribution in [3.8, 4) is 45.7 Å². The van der Waals surface area contributed by atoms with Gasteiger partial charge in [-0.3, -0.25) is 0 Å². The molecule has 0 spiro atoms. The molecule has 3 aromatic carbocycles. The molecule has 0 atom stereocenters. The van der Waals surface area contributed by atoms with Crippen LogP contribution >= 0.6 is 12.2 Å². The molecule has 7 heteroatoms. The summed E-state index contributed by atoms with van der Waals surface area (Å²) in [6, 6.07) is 29.3. The van der Waals surface area contributed by atoms with Gasteiger partial charge in [-0.15, -0.1) is 0 Å². The summed E-state index contributed by atoms with van der Waals surface area (Å²) in [4.78, 5) is 7.52. The van der Waals surface area contributed by atoms with Gasteiger partial charge in [-0.1, -0.05) is 60.7 Å². The fourth-order valence-corrected chi connectivity index (χ4v) is 3.89. The average Bonchev–Trinajstić information content (AvgIpc) is 3.25. The maximum absolute atomic E-state index is 13.6. The zero-order chi connectivity index (χ0) is 22.8. The number of nitriles is 1. The molecule has 1 N–H and O–H groups in total. The highest BCUT2D eigenvalue weighted by Gasteiger charge is 2.22. The molecule has 0 saturated heterocycles. The maximum Gasteiger partial charge on any atom is 0.197 e. The molecule has 0 aliphatic heterocycles. The number of H-pyrrole nitrogens is 1. The molecule has 158 valence electrons. The van der Waals surface area contributed by atoms with Crippen molar-refractivity contribution in [2.45, 2.75) is 0 Å². The normalized spacial score (nSPS) is 10.7. The SMILES string of the molecule is N#Cc1c(-c2cc(-c3ccccc3)nc(=S)[nH]2)nn(-c2ccc(F)cc2)c1-c1ccccc1. The fraction of sp³-hybridized carbons (Fsp3) is 0. The van der Waals surface area contributed by atoms with Gasteiger partial charge in [-0.2, -0.15) is 10.4 Å². The van der Waals surface area contributed by atoms with Crippen LogP contribution in [0.3, 0.4) is 0 Å². The van der Waals surface area contributed by atoms with Crippen molar-refractivity contribution in [1.82, 2.24) is 19.7 Å². The van der Waals surface area contributed by atoms with E-state index in [4.69, 9.17) is 17.3 Å². The van der Waals surface area contributed by atoms with E-state index in [2.05, 4.69) is 16.0 Å². The monoisotopic (exact) mass is 449 g/mol. The van der Waals surface area contributed by atoms with Gasteiger partial charge in [-0.25, -0.2) is 14.1 Å². The molecule has 5 nitrogen and oxygen atoms in total. The summed E-state index contributed by atoms with van der Waals surface area (Å²) in [5.74, 6) is -0.349. The highest BCUT2D eigenvalue weighted by molar-refractivity contribution is 7.71. The molecule has 33 heavy (non-hydrogen) atoms. The number of aromatic amines is 1. The third-order valence-electron chi connectivity index (χ3n) is 5.18. The molecular formula is C26H16FN5S. The van der Waals surface area contributed by atoms with Crippen molar-refractivity contribution in [3.63, 3.8) is 0 Å². The standard InChI is InChI=1S/C26H16FN5S/c27-19-11-13-20(14-12-19)32-25(18-9-5-2-6-10-18)21(16-28)24(31-32)23-15-22(29-26(33)30-23)17-7-3-1-4-8-17/h1-15H,(H,29,30,33). The molecule has 0 fully saturated rings. The average molecular weight is 450 g/mol. The van der Waals surface area contributed by atoms with E-state index >= 15 is 0 Å². The molecule has 0 radical (unpaired) electrons. The summed E-state index contributed by atoms with van der Waals surface area (Å²) in [5.41, 5.74) is 5.02. The van der Waals surface area contributed by atoms with E-state index < -0.39 is 0 Å². The van der Waals surface area contributed by atoms with Crippen LogP contribution in [-0.2, 0) is 0 Å². The number of aromatic nitrogens is 4. The quantitative estimate of drug-likeness (QED) is 0.325. The minimum atomic E-state index is -0.349. The molecule has 0 aliphatic carbocycles. The van der Waals surface area contributed by atoms with E-state index in [0.717, 1.165) is 11.1 Å². The number of hydrogen-bond acceptors (Lipinski definition) is 4. The van der Waals surface area contributed by atoms with Gasteiger partial charge in [0, 0.05) is 11.1 Å². The fourth-order valence-electron chi connectivity index (χ4n) is 3.69. The minimum absolute atomic E-state index is 0.285. The lowest BCUT2D eigenvalue weighted by Gasteiger charge is -2.08. The van der Waals surface area contributed by atoms with Gasteiger partial charge in [-0.05, 0) is 42.5 Å². The van der Waals surface area contributed by atoms with Crippen LogP contribution in [0.25, 0.3) is 39.6 Å². The molecule has 5 aromatic rings. The van der Waals surface area contributed by atoms with Crippen molar-refractivity contribution in [1.29, 1.82) is 5.26 Å². The Kier molecular flexibility index (Phi) is 5.35. The summed E-state index contributed by atoms with van der Waals surface area (Å²) >= 11 is 5.38. The van der Waals surface area contributed by atoms with Gasteiger partial charge < -0.3 is 4.98 Å². The summed E-state index contributed by atoms with van der Waals surface area (Å²) < 4.78 is 15.5. The highest BCUT2D eigenvalue weighted by atomic mass is 32.1. The molecule has 0 amide bonds. The first-order chi connectivity index (χ1) is 16.1. The zero-order valence-electron chi connectivity index (χ0n) is 17.2. The lowest BCUT2D eigenvalue weighted by Crippen LogP contribution is -2.00. The van der Waals surface area contributed by atoms with E-state index in [1.54, 1.807) is 16.8 Å². The second kappa shape index (κ2) is 8.61. The van der Waals surface area contributed by atoms with E-state index in [-0.39, 0.29) is 10.6 Å². The summed E-state index contributed by atoms with van der Waals surface area (Å²) in [5, 5.41) is 14.9. The van der Waals surface area contributed by atoms with Crippen molar-refractivity contribution < 1.29 is 4.39 Å². The first-order valence-corrected chi connectivity index (χ1v) is 10.6. The molecular weight excluding hydrogens is 433 g/mol. The van der Waals surface area contributed by atoms with E-state index in [0.29, 0.717) is 34.0 Å². The van der Waals surface area contributed by atoms with Gasteiger partial charge in [0.25, 0.3) is 0 Å². The lowest BCUT2D eigenvalue weighted by atomic mass is 10.0. The van der Waals surface area contributed by atoms with Crippen LogP contribution in [0.4, 0.5) is 4.39 Å². The van der Waals surface area contributed by atoms with Crippen molar-refractivity contribution >= 4 is 12.2 Å². The first kappa shape index (κ1) is 20.5. The second-order valence-corrected chi connectivity index (χ2v) is 7.68. The summed E-state index contributed by atoms with van der Waals surface area (Å²) in [6.45, 7) is 0. The largest absolute Gasteiger partial charge is 0.329 e. The predicted octanol–water partition coefficient (Wildman–Crippen LogP) is 6.34. The van der Waals surface area contributed by atoms with Crippen molar-refractivity contribution in [2.24, 2.45) is 0 Å². The van der Waals surface area contributed by atoms with E-state index in [9.17, 15) is 9.65 Å². The number of rotatable bonds is 4. The van der Waals surface area contributed by atoms with Gasteiger partial charge in [0.2, 0.25) is 0 Å². The third kappa shape index (κ3) is 3.95. The Morgan fingerprint density at radius 3 is 2.15 bits per heavy atom.